The summed E-state index contributed by atoms with van der Waals surface area (Å²) in [5, 5.41) is 0. The molecule has 0 rings (SSSR count). The average Bonchev–Trinajstić information content (AvgIpc) is 1.95. The van der Waals surface area contributed by atoms with Gasteiger partial charge in [-0.3, -0.25) is 0 Å². The molecular weight excluding hydrogens is 226 g/mol. The van der Waals surface area contributed by atoms with Gasteiger partial charge in [0.05, 0.1) is 0 Å². The van der Waals surface area contributed by atoms with Crippen LogP contribution in [0.2, 0.25) is 0 Å². The van der Waals surface area contributed by atoms with E-state index in [1.807, 2.05) is 20.8 Å². The third-order valence-electron chi connectivity index (χ3n) is 2.13. The van der Waals surface area contributed by atoms with Crippen LogP contribution in [0.25, 0.3) is 0 Å². The van der Waals surface area contributed by atoms with E-state index in [-0.39, 0.29) is 0 Å². The first-order chi connectivity index (χ1) is 7.55. The maximum Gasteiger partial charge on any atom is 0.406 e. The van der Waals surface area contributed by atoms with Gasteiger partial charge in [-0.2, -0.15) is 0 Å². The fourth-order valence-corrected chi connectivity index (χ4v) is 1.84. The number of hydrogen-bond donors (Lipinski definition) is 2. The molecule has 4 N–H and O–H groups in total. The number of nitrogens with two attached hydrogens (primary N) is 2. The Bertz CT molecular complexity index is 266. The van der Waals surface area contributed by atoms with Gasteiger partial charge in [0, 0.05) is 5.54 Å². The van der Waals surface area contributed by atoms with Crippen molar-refractivity contribution < 1.29 is 19.1 Å². The van der Waals surface area contributed by atoms with E-state index < -0.39 is 30.2 Å². The molecule has 0 aromatic carbocycles. The Labute approximate surface area is 101 Å². The van der Waals surface area contributed by atoms with Crippen LogP contribution in [0, 0.1) is 0 Å². The summed E-state index contributed by atoms with van der Waals surface area (Å²) in [6, 6.07) is 0. The molecule has 0 radical (unpaired) electrons. The molecule has 2 amide bonds. The van der Waals surface area contributed by atoms with Gasteiger partial charge < -0.3 is 20.9 Å². The van der Waals surface area contributed by atoms with Crippen molar-refractivity contribution in [3.05, 3.63) is 0 Å². The summed E-state index contributed by atoms with van der Waals surface area (Å²) < 4.78 is 9.75. The molecule has 7 heteroatoms. The molecule has 0 aliphatic heterocycles. The molecule has 0 bridgehead atoms. The van der Waals surface area contributed by atoms with Gasteiger partial charge in [-0.15, -0.1) is 0 Å². The lowest BCUT2D eigenvalue weighted by molar-refractivity contribution is -0.131. The average molecular weight is 247 g/mol. The molecule has 2 unspecified atom stereocenters. The number of rotatable bonds is 4. The molecule has 100 valence electrons. The third-order valence-corrected chi connectivity index (χ3v) is 2.13. The molecule has 0 aromatic heterocycles. The lowest BCUT2D eigenvalue weighted by atomic mass is 10.1. The van der Waals surface area contributed by atoms with Crippen LogP contribution in [0.5, 0.6) is 0 Å². The van der Waals surface area contributed by atoms with E-state index in [0.717, 1.165) is 0 Å². The Balaban J connectivity index is 4.87. The van der Waals surface area contributed by atoms with Crippen LogP contribution in [0.15, 0.2) is 0 Å². The lowest BCUT2D eigenvalue weighted by Gasteiger charge is -2.42. The predicted octanol–water partition coefficient (Wildman–Crippen LogP) is 0.969. The van der Waals surface area contributed by atoms with Crippen molar-refractivity contribution in [2.24, 2.45) is 11.5 Å². The first-order valence-corrected chi connectivity index (χ1v) is 5.26. The predicted molar refractivity (Wildman–Crippen MR) is 61.9 cm³/mol. The van der Waals surface area contributed by atoms with Crippen LogP contribution < -0.4 is 11.5 Å². The van der Waals surface area contributed by atoms with Crippen LogP contribution in [-0.2, 0) is 9.47 Å². The number of amides is 2. The van der Waals surface area contributed by atoms with Crippen molar-refractivity contribution in [1.29, 1.82) is 0 Å². The summed E-state index contributed by atoms with van der Waals surface area (Å²) in [7, 11) is 0. The first kappa shape index (κ1) is 15.5. The van der Waals surface area contributed by atoms with Crippen LogP contribution in [0.3, 0.4) is 0 Å². The molecule has 7 nitrogen and oxygen atoms in total. The van der Waals surface area contributed by atoms with Gasteiger partial charge in [0.1, 0.15) is 0 Å². The van der Waals surface area contributed by atoms with Gasteiger partial charge in [-0.25, -0.2) is 14.5 Å². The summed E-state index contributed by atoms with van der Waals surface area (Å²) in [6.45, 7) is 8.92. The smallest absolute Gasteiger partial charge is 0.406 e. The highest BCUT2D eigenvalue weighted by atomic mass is 16.6. The van der Waals surface area contributed by atoms with E-state index in [1.165, 1.54) is 0 Å². The van der Waals surface area contributed by atoms with Crippen molar-refractivity contribution in [2.45, 2.75) is 52.6 Å². The van der Waals surface area contributed by atoms with E-state index in [2.05, 4.69) is 0 Å². The second-order valence-corrected chi connectivity index (χ2v) is 4.65. The number of ether oxygens (including phenoxy) is 2. The third kappa shape index (κ3) is 5.39. The second-order valence-electron chi connectivity index (χ2n) is 4.65. The minimum Gasteiger partial charge on any atom is -0.431 e. The van der Waals surface area contributed by atoms with E-state index in [1.54, 1.807) is 18.7 Å². The molecule has 0 heterocycles. The van der Waals surface area contributed by atoms with Crippen molar-refractivity contribution in [2.75, 3.05) is 0 Å². The van der Waals surface area contributed by atoms with Gasteiger partial charge >= 0.3 is 12.2 Å². The molecule has 0 spiro atoms. The molecule has 0 saturated heterocycles. The largest absolute Gasteiger partial charge is 0.431 e. The molecule has 0 saturated carbocycles. The summed E-state index contributed by atoms with van der Waals surface area (Å²) in [5.74, 6) is 0. The van der Waals surface area contributed by atoms with E-state index in [0.29, 0.717) is 0 Å². The zero-order chi connectivity index (χ0) is 13.8. The van der Waals surface area contributed by atoms with Crippen molar-refractivity contribution in [1.82, 2.24) is 4.90 Å². The minimum atomic E-state index is -0.891. The van der Waals surface area contributed by atoms with E-state index in [4.69, 9.17) is 20.9 Å². The van der Waals surface area contributed by atoms with Crippen molar-refractivity contribution in [3.63, 3.8) is 0 Å². The Hall–Kier alpha value is -1.50. The summed E-state index contributed by atoms with van der Waals surface area (Å²) in [4.78, 5) is 23.1. The van der Waals surface area contributed by atoms with Crippen molar-refractivity contribution >= 4 is 12.2 Å². The van der Waals surface area contributed by atoms with Gasteiger partial charge in [0.2, 0.25) is 0 Å². The second kappa shape index (κ2) is 5.72. The maximum absolute atomic E-state index is 10.7. The Kier molecular flexibility index (Phi) is 5.21. The van der Waals surface area contributed by atoms with E-state index in [9.17, 15) is 9.59 Å². The highest BCUT2D eigenvalue weighted by Crippen LogP contribution is 2.21. The zero-order valence-electron chi connectivity index (χ0n) is 10.9. The molecule has 0 aromatic rings. The van der Waals surface area contributed by atoms with Gasteiger partial charge in [0.25, 0.3) is 0 Å². The minimum absolute atomic E-state index is 0.399. The van der Waals surface area contributed by atoms with E-state index >= 15 is 0 Å². The fraction of sp³-hybridized carbons (Fsp3) is 0.800. The molecular formula is C10H21N3O4. The standard InChI is InChI=1S/C10H21N3O4/c1-6(16-8(11)14)13(10(3,4)5)7(2)17-9(12)15/h6-7H,1-5H3,(H2,11,14)(H2,12,15). The number of carbonyl (C=O) groups is 2. The molecule has 0 fully saturated rings. The van der Waals surface area contributed by atoms with Crippen LogP contribution in [0.1, 0.15) is 34.6 Å². The SMILES string of the molecule is CC(OC(N)=O)N(C(C)OC(N)=O)C(C)(C)C. The molecule has 0 aliphatic rings. The highest BCUT2D eigenvalue weighted by Gasteiger charge is 2.34. The Morgan fingerprint density at radius 1 is 1.00 bits per heavy atom. The monoisotopic (exact) mass is 247 g/mol. The number of primary amides is 2. The van der Waals surface area contributed by atoms with Crippen LogP contribution >= 0.6 is 0 Å². The Morgan fingerprint density at radius 2 is 1.29 bits per heavy atom. The van der Waals surface area contributed by atoms with Crippen LogP contribution in [0.4, 0.5) is 9.59 Å². The zero-order valence-corrected chi connectivity index (χ0v) is 10.9. The van der Waals surface area contributed by atoms with Gasteiger partial charge in [0.15, 0.2) is 12.5 Å². The molecule has 2 atom stereocenters. The molecule has 0 aliphatic carbocycles. The quantitative estimate of drug-likeness (QED) is 0.719. The number of carbonyl (C=O) groups excluding carboxylic acids is 2. The summed E-state index contributed by atoms with van der Waals surface area (Å²) >= 11 is 0. The van der Waals surface area contributed by atoms with Gasteiger partial charge in [-0.05, 0) is 34.6 Å². The number of nitrogens with zero attached hydrogens (tertiary/aromatic N) is 1. The lowest BCUT2D eigenvalue weighted by Crippen LogP contribution is -2.55. The normalized spacial score (nSPS) is 15.2. The summed E-state index contributed by atoms with van der Waals surface area (Å²) in [6.07, 6.45) is -3.06. The van der Waals surface area contributed by atoms with Gasteiger partial charge in [-0.1, -0.05) is 0 Å². The Morgan fingerprint density at radius 3 is 1.47 bits per heavy atom. The summed E-state index contributed by atoms with van der Waals surface area (Å²) in [5.41, 5.74) is 9.51. The first-order valence-electron chi connectivity index (χ1n) is 5.26. The van der Waals surface area contributed by atoms with Crippen LogP contribution in [-0.4, -0.2) is 35.1 Å². The van der Waals surface area contributed by atoms with Crippen molar-refractivity contribution in [3.8, 4) is 0 Å². The maximum atomic E-state index is 10.7. The number of hydrogen-bond acceptors (Lipinski definition) is 5. The molecule has 17 heavy (non-hydrogen) atoms. The highest BCUT2D eigenvalue weighted by molar-refractivity contribution is 5.65. The fourth-order valence-electron chi connectivity index (χ4n) is 1.84. The topological polar surface area (TPSA) is 108 Å².